The number of carboxylic acids is 1. The van der Waals surface area contributed by atoms with Crippen LogP contribution in [-0.2, 0) is 9.59 Å². The summed E-state index contributed by atoms with van der Waals surface area (Å²) in [6.45, 7) is -0.717. The summed E-state index contributed by atoms with van der Waals surface area (Å²) in [5, 5.41) is 9.11. The summed E-state index contributed by atoms with van der Waals surface area (Å²) in [7, 11) is 1.37. The topological polar surface area (TPSA) is 66.8 Å². The van der Waals surface area contributed by atoms with Gasteiger partial charge in [-0.3, -0.25) is 9.59 Å². The van der Waals surface area contributed by atoms with E-state index in [1.54, 1.807) is 18.2 Å². The molecule has 0 aromatic heterocycles. The zero-order chi connectivity index (χ0) is 13.7. The van der Waals surface area contributed by atoms with Gasteiger partial charge in [-0.05, 0) is 12.1 Å². The fourth-order valence-electron chi connectivity index (χ4n) is 1.16. The number of hydrogen-bond acceptors (Lipinski definition) is 3. The van der Waals surface area contributed by atoms with Gasteiger partial charge in [-0.15, -0.1) is 0 Å². The Morgan fingerprint density at radius 3 is 2.39 bits per heavy atom. The van der Waals surface area contributed by atoms with E-state index in [1.807, 2.05) is 0 Å². The van der Waals surface area contributed by atoms with Crippen LogP contribution in [0.15, 0.2) is 18.2 Å². The number of carbonyl (C=O) groups is 2. The normalized spacial score (nSPS) is 9.94. The van der Waals surface area contributed by atoms with Gasteiger partial charge in [0.1, 0.15) is 6.54 Å². The Morgan fingerprint density at radius 1 is 1.33 bits per heavy atom. The van der Waals surface area contributed by atoms with Crippen molar-refractivity contribution in [2.45, 2.75) is 0 Å². The van der Waals surface area contributed by atoms with Gasteiger partial charge in [-0.2, -0.15) is 0 Å². The number of rotatable bonds is 5. The van der Waals surface area contributed by atoms with Crippen molar-refractivity contribution in [3.63, 3.8) is 0 Å². The lowest BCUT2D eigenvalue weighted by atomic mass is 10.3. The van der Waals surface area contributed by atoms with Crippen molar-refractivity contribution in [2.75, 3.05) is 20.2 Å². The molecule has 0 spiro atoms. The van der Waals surface area contributed by atoms with E-state index < -0.39 is 18.4 Å². The zero-order valence-electron chi connectivity index (χ0n) is 9.52. The van der Waals surface area contributed by atoms with Crippen LogP contribution in [0.1, 0.15) is 0 Å². The van der Waals surface area contributed by atoms with Crippen LogP contribution in [0.3, 0.4) is 0 Å². The Bertz CT molecular complexity index is 444. The molecule has 0 saturated carbocycles. The SMILES string of the molecule is CN(CC(=O)O)C(=O)COc1c(Cl)cccc1Cl. The van der Waals surface area contributed by atoms with E-state index in [0.29, 0.717) is 0 Å². The summed E-state index contributed by atoms with van der Waals surface area (Å²) in [6.07, 6.45) is 0. The largest absolute Gasteiger partial charge is 0.481 e. The summed E-state index contributed by atoms with van der Waals surface area (Å²) in [6, 6.07) is 4.80. The molecule has 1 rings (SSSR count). The van der Waals surface area contributed by atoms with Crippen LogP contribution in [-0.4, -0.2) is 42.1 Å². The van der Waals surface area contributed by atoms with Crippen LogP contribution in [0.2, 0.25) is 10.0 Å². The van der Waals surface area contributed by atoms with Crippen molar-refractivity contribution >= 4 is 35.1 Å². The second-order valence-corrected chi connectivity index (χ2v) is 4.30. The van der Waals surface area contributed by atoms with Crippen molar-refractivity contribution in [1.82, 2.24) is 4.90 Å². The molecule has 5 nitrogen and oxygen atoms in total. The highest BCUT2D eigenvalue weighted by atomic mass is 35.5. The average molecular weight is 292 g/mol. The predicted octanol–water partition coefficient (Wildman–Crippen LogP) is 1.92. The molecule has 0 aliphatic carbocycles. The molecule has 1 amide bonds. The van der Waals surface area contributed by atoms with Gasteiger partial charge in [-0.25, -0.2) is 0 Å². The number of aliphatic carboxylic acids is 1. The maximum atomic E-state index is 11.5. The lowest BCUT2D eigenvalue weighted by molar-refractivity contribution is -0.144. The number of likely N-dealkylation sites (N-methyl/N-ethyl adjacent to an activating group) is 1. The maximum Gasteiger partial charge on any atom is 0.323 e. The lowest BCUT2D eigenvalue weighted by Crippen LogP contribution is -2.35. The number of carboxylic acid groups (broad SMARTS) is 1. The number of benzene rings is 1. The molecular weight excluding hydrogens is 281 g/mol. The minimum Gasteiger partial charge on any atom is -0.481 e. The molecule has 1 N–H and O–H groups in total. The molecule has 0 bridgehead atoms. The average Bonchev–Trinajstić information content (AvgIpc) is 2.27. The first kappa shape index (κ1) is 14.6. The third kappa shape index (κ3) is 4.09. The number of carbonyl (C=O) groups excluding carboxylic acids is 1. The van der Waals surface area contributed by atoms with Gasteiger partial charge in [-0.1, -0.05) is 29.3 Å². The lowest BCUT2D eigenvalue weighted by Gasteiger charge is -2.15. The van der Waals surface area contributed by atoms with Crippen molar-refractivity contribution in [1.29, 1.82) is 0 Å². The summed E-state index contributed by atoms with van der Waals surface area (Å²) in [5.74, 6) is -1.37. The maximum absolute atomic E-state index is 11.5. The molecule has 18 heavy (non-hydrogen) atoms. The second kappa shape index (κ2) is 6.47. The summed E-state index contributed by atoms with van der Waals surface area (Å²) < 4.78 is 5.18. The highest BCUT2D eigenvalue weighted by molar-refractivity contribution is 6.37. The highest BCUT2D eigenvalue weighted by Crippen LogP contribution is 2.32. The van der Waals surface area contributed by atoms with Gasteiger partial charge in [0.15, 0.2) is 12.4 Å². The van der Waals surface area contributed by atoms with E-state index in [1.165, 1.54) is 7.05 Å². The van der Waals surface area contributed by atoms with Crippen molar-refractivity contribution in [2.24, 2.45) is 0 Å². The number of ether oxygens (including phenoxy) is 1. The Kier molecular flexibility index (Phi) is 5.25. The van der Waals surface area contributed by atoms with E-state index in [0.717, 1.165) is 4.90 Å². The molecule has 0 radical (unpaired) electrons. The minimum absolute atomic E-state index is 0.206. The standard InChI is InChI=1S/C11H11Cl2NO4/c1-14(5-10(16)17)9(15)6-18-11-7(12)3-2-4-8(11)13/h2-4H,5-6H2,1H3,(H,16,17). The predicted molar refractivity (Wildman–Crippen MR) is 67.2 cm³/mol. The quantitative estimate of drug-likeness (QED) is 0.900. The van der Waals surface area contributed by atoms with Crippen molar-refractivity contribution < 1.29 is 19.4 Å². The Labute approximate surface area is 114 Å². The van der Waals surface area contributed by atoms with Gasteiger partial charge in [0.2, 0.25) is 0 Å². The summed E-state index contributed by atoms with van der Waals surface area (Å²) in [5.41, 5.74) is 0. The first-order chi connectivity index (χ1) is 8.41. The highest BCUT2D eigenvalue weighted by Gasteiger charge is 2.14. The van der Waals surface area contributed by atoms with E-state index >= 15 is 0 Å². The smallest absolute Gasteiger partial charge is 0.323 e. The molecule has 0 aliphatic rings. The van der Waals surface area contributed by atoms with E-state index in [4.69, 9.17) is 33.0 Å². The van der Waals surface area contributed by atoms with Gasteiger partial charge >= 0.3 is 5.97 Å². The number of amides is 1. The van der Waals surface area contributed by atoms with Gasteiger partial charge in [0, 0.05) is 7.05 Å². The monoisotopic (exact) mass is 291 g/mol. The Hall–Kier alpha value is -1.46. The summed E-state index contributed by atoms with van der Waals surface area (Å²) >= 11 is 11.7. The van der Waals surface area contributed by atoms with E-state index in [9.17, 15) is 9.59 Å². The third-order valence-electron chi connectivity index (χ3n) is 2.06. The first-order valence-electron chi connectivity index (χ1n) is 4.94. The van der Waals surface area contributed by atoms with Crippen molar-refractivity contribution in [3.8, 4) is 5.75 Å². The molecule has 7 heteroatoms. The Balaban J connectivity index is 2.60. The first-order valence-corrected chi connectivity index (χ1v) is 5.70. The number of hydrogen-bond donors (Lipinski definition) is 1. The van der Waals surface area contributed by atoms with E-state index in [-0.39, 0.29) is 22.4 Å². The van der Waals surface area contributed by atoms with Crippen molar-refractivity contribution in [3.05, 3.63) is 28.2 Å². The number of para-hydroxylation sites is 1. The van der Waals surface area contributed by atoms with Crippen LogP contribution in [0, 0.1) is 0 Å². The molecule has 1 aromatic rings. The molecular formula is C11H11Cl2NO4. The minimum atomic E-state index is -1.10. The number of halogens is 2. The summed E-state index contributed by atoms with van der Waals surface area (Å²) in [4.78, 5) is 23.0. The molecule has 0 unspecified atom stereocenters. The molecule has 0 heterocycles. The fourth-order valence-corrected chi connectivity index (χ4v) is 1.66. The van der Waals surface area contributed by atoms with Gasteiger partial charge in [0.05, 0.1) is 10.0 Å². The molecule has 0 saturated heterocycles. The van der Waals surface area contributed by atoms with Crippen LogP contribution < -0.4 is 4.74 Å². The van der Waals surface area contributed by atoms with Gasteiger partial charge in [0.25, 0.3) is 5.91 Å². The molecule has 0 fully saturated rings. The second-order valence-electron chi connectivity index (χ2n) is 3.48. The zero-order valence-corrected chi connectivity index (χ0v) is 11.0. The Morgan fingerprint density at radius 2 is 1.89 bits per heavy atom. The molecule has 1 aromatic carbocycles. The molecule has 0 atom stereocenters. The third-order valence-corrected chi connectivity index (χ3v) is 2.65. The van der Waals surface area contributed by atoms with Crippen LogP contribution in [0.5, 0.6) is 5.75 Å². The number of nitrogens with zero attached hydrogens (tertiary/aromatic N) is 1. The fraction of sp³-hybridized carbons (Fsp3) is 0.273. The van der Waals surface area contributed by atoms with Crippen LogP contribution in [0.25, 0.3) is 0 Å². The van der Waals surface area contributed by atoms with Gasteiger partial charge < -0.3 is 14.7 Å². The van der Waals surface area contributed by atoms with Crippen LogP contribution in [0.4, 0.5) is 0 Å². The molecule has 98 valence electrons. The van der Waals surface area contributed by atoms with Crippen LogP contribution >= 0.6 is 23.2 Å². The molecule has 0 aliphatic heterocycles. The van der Waals surface area contributed by atoms with E-state index in [2.05, 4.69) is 0 Å².